The molecule has 0 spiro atoms. The Morgan fingerprint density at radius 3 is 2.32 bits per heavy atom. The van der Waals surface area contributed by atoms with E-state index in [1.54, 1.807) is 38.4 Å². The van der Waals surface area contributed by atoms with Gasteiger partial charge in [0.1, 0.15) is 13.0 Å². The molecule has 1 aromatic heterocycles. The second-order valence-corrected chi connectivity index (χ2v) is 8.36. The molecule has 8 nitrogen and oxygen atoms in total. The fraction of sp³-hybridized carbons (Fsp3) is 0.185. The minimum absolute atomic E-state index is 0.194. The zero-order valence-electron chi connectivity index (χ0n) is 21.2. The van der Waals surface area contributed by atoms with Crippen LogP contribution in [-0.4, -0.2) is 38.2 Å². The lowest BCUT2D eigenvalue weighted by molar-refractivity contribution is 0.251. The summed E-state index contributed by atoms with van der Waals surface area (Å²) in [7, 11) is 4.23. The van der Waals surface area contributed by atoms with Crippen LogP contribution in [0, 0.1) is 28.4 Å². The number of halogens is 2. The number of anilines is 3. The van der Waals surface area contributed by atoms with Crippen molar-refractivity contribution >= 4 is 41.7 Å². The number of carbonyl (C=O) groups is 1. The predicted molar refractivity (Wildman–Crippen MR) is 142 cm³/mol. The highest BCUT2D eigenvalue weighted by molar-refractivity contribution is 6.45. The van der Waals surface area contributed by atoms with Crippen LogP contribution in [0.3, 0.4) is 0 Å². The third-order valence-electron chi connectivity index (χ3n) is 6.04. The van der Waals surface area contributed by atoms with Gasteiger partial charge in [-0.05, 0) is 37.3 Å². The summed E-state index contributed by atoms with van der Waals surface area (Å²) in [6, 6.07) is 10.2. The second-order valence-electron chi connectivity index (χ2n) is 8.36. The van der Waals surface area contributed by atoms with E-state index < -0.39 is 23.4 Å². The number of rotatable bonds is 7. The molecule has 2 heterocycles. The Kier molecular flexibility index (Phi) is 7.44. The fourth-order valence-electron chi connectivity index (χ4n) is 4.20. The van der Waals surface area contributed by atoms with E-state index in [1.807, 2.05) is 12.9 Å². The number of hydrogen-bond acceptors (Lipinski definition) is 6. The Bertz CT molecular complexity index is 1470. The van der Waals surface area contributed by atoms with Crippen molar-refractivity contribution in [2.24, 2.45) is 0 Å². The number of urea groups is 1. The molecular formula is C27H23BF2N5O3. The van der Waals surface area contributed by atoms with Crippen LogP contribution in [0.15, 0.2) is 48.6 Å². The molecule has 2 amide bonds. The van der Waals surface area contributed by atoms with E-state index in [1.165, 1.54) is 37.4 Å². The lowest BCUT2D eigenvalue weighted by Gasteiger charge is -2.37. The monoisotopic (exact) mass is 514 g/mol. The van der Waals surface area contributed by atoms with Crippen LogP contribution >= 0.6 is 0 Å². The number of nitrogens with zero attached hydrogens (tertiary/aromatic N) is 4. The number of benzene rings is 2. The Labute approximate surface area is 219 Å². The van der Waals surface area contributed by atoms with E-state index in [0.29, 0.717) is 33.8 Å². The highest BCUT2D eigenvalue weighted by atomic mass is 19.1. The molecule has 191 valence electrons. The molecule has 0 aliphatic carbocycles. The minimum Gasteiger partial charge on any atom is -0.493 e. The SMILES string of the molecule is C[B]/C=C(\C(C)=N)c1cc2c(cn1)CN(c1c(F)c(OC)cc(OC)c1F)C(=O)N2c1ccc(C#N)cc1. The van der Waals surface area contributed by atoms with Crippen molar-refractivity contribution in [3.05, 3.63) is 77.0 Å². The first-order valence-corrected chi connectivity index (χ1v) is 11.5. The normalized spacial score (nSPS) is 13.1. The number of fused-ring (bicyclic) bond motifs is 1. The van der Waals surface area contributed by atoms with Crippen LogP contribution in [0.25, 0.3) is 5.57 Å². The van der Waals surface area contributed by atoms with E-state index in [9.17, 15) is 10.1 Å². The lowest BCUT2D eigenvalue weighted by Crippen LogP contribution is -2.46. The molecule has 11 heteroatoms. The van der Waals surface area contributed by atoms with E-state index >= 15 is 8.78 Å². The van der Waals surface area contributed by atoms with Gasteiger partial charge in [-0.25, -0.2) is 13.6 Å². The van der Waals surface area contributed by atoms with Crippen molar-refractivity contribution in [2.45, 2.75) is 20.3 Å². The number of ether oxygens (including phenoxy) is 2. The Morgan fingerprint density at radius 2 is 1.79 bits per heavy atom. The van der Waals surface area contributed by atoms with Crippen LogP contribution in [0.5, 0.6) is 11.5 Å². The first kappa shape index (κ1) is 26.4. The molecule has 0 saturated carbocycles. The highest BCUT2D eigenvalue weighted by Gasteiger charge is 2.37. The van der Waals surface area contributed by atoms with E-state index in [4.69, 9.17) is 14.9 Å². The smallest absolute Gasteiger partial charge is 0.334 e. The second kappa shape index (κ2) is 10.7. The van der Waals surface area contributed by atoms with Crippen LogP contribution in [0.1, 0.15) is 23.7 Å². The molecule has 0 fully saturated rings. The van der Waals surface area contributed by atoms with Crippen LogP contribution < -0.4 is 19.3 Å². The summed E-state index contributed by atoms with van der Waals surface area (Å²) in [5.74, 6) is -0.956. The predicted octanol–water partition coefficient (Wildman–Crippen LogP) is 5.66. The van der Waals surface area contributed by atoms with Crippen LogP contribution in [0.2, 0.25) is 6.82 Å². The average Bonchev–Trinajstić information content (AvgIpc) is 2.92. The molecule has 38 heavy (non-hydrogen) atoms. The molecule has 1 aliphatic rings. The topological polar surface area (TPSA) is 103 Å². The van der Waals surface area contributed by atoms with Crippen molar-refractivity contribution in [1.29, 1.82) is 10.7 Å². The number of nitrogens with one attached hydrogen (secondary N) is 1. The average molecular weight is 514 g/mol. The molecule has 0 saturated heterocycles. The van der Waals surface area contributed by atoms with Crippen molar-refractivity contribution in [2.75, 3.05) is 24.0 Å². The summed E-state index contributed by atoms with van der Waals surface area (Å²) >= 11 is 0. The number of nitriles is 1. The number of amides is 2. The molecule has 1 aliphatic heterocycles. The molecular weight excluding hydrogens is 491 g/mol. The Balaban J connectivity index is 1.96. The van der Waals surface area contributed by atoms with Gasteiger partial charge in [-0.15, -0.1) is 5.98 Å². The van der Waals surface area contributed by atoms with Crippen molar-refractivity contribution < 1.29 is 23.0 Å². The molecule has 1 N–H and O–H groups in total. The van der Waals surface area contributed by atoms with Gasteiger partial charge in [0.25, 0.3) is 0 Å². The third-order valence-corrected chi connectivity index (χ3v) is 6.04. The van der Waals surface area contributed by atoms with Gasteiger partial charge in [-0.2, -0.15) is 5.26 Å². The number of hydrogen-bond donors (Lipinski definition) is 1. The molecule has 0 unspecified atom stereocenters. The summed E-state index contributed by atoms with van der Waals surface area (Å²) in [6.45, 7) is 3.25. The van der Waals surface area contributed by atoms with Gasteiger partial charge in [0, 0.05) is 29.1 Å². The maximum atomic E-state index is 15.4. The maximum absolute atomic E-state index is 15.4. The Hall–Kier alpha value is -4.72. The van der Waals surface area contributed by atoms with Gasteiger partial charge in [-0.3, -0.25) is 14.8 Å². The third kappa shape index (κ3) is 4.56. The first-order valence-electron chi connectivity index (χ1n) is 11.5. The van der Waals surface area contributed by atoms with Crippen LogP contribution in [-0.2, 0) is 6.54 Å². The first-order chi connectivity index (χ1) is 18.2. The van der Waals surface area contributed by atoms with E-state index in [0.717, 1.165) is 11.0 Å². The van der Waals surface area contributed by atoms with Gasteiger partial charge in [0.05, 0.1) is 49.5 Å². The van der Waals surface area contributed by atoms with Gasteiger partial charge in [0.15, 0.2) is 23.1 Å². The van der Waals surface area contributed by atoms with Crippen molar-refractivity contribution in [1.82, 2.24) is 4.98 Å². The van der Waals surface area contributed by atoms with Crippen LogP contribution in [0.4, 0.5) is 30.6 Å². The zero-order chi connectivity index (χ0) is 27.6. The molecule has 1 radical (unpaired) electrons. The zero-order valence-corrected chi connectivity index (χ0v) is 21.2. The summed E-state index contributed by atoms with van der Waals surface area (Å²) in [5.41, 5.74) is 2.33. The largest absolute Gasteiger partial charge is 0.493 e. The van der Waals surface area contributed by atoms with Gasteiger partial charge < -0.3 is 14.9 Å². The van der Waals surface area contributed by atoms with E-state index in [-0.39, 0.29) is 23.8 Å². The fourth-order valence-corrected chi connectivity index (χ4v) is 4.20. The summed E-state index contributed by atoms with van der Waals surface area (Å²) in [5, 5.41) is 17.4. The number of allylic oxidation sites excluding steroid dienone is 1. The number of pyridine rings is 1. The molecule has 0 bridgehead atoms. The molecule has 2 aromatic carbocycles. The molecule has 4 rings (SSSR count). The summed E-state index contributed by atoms with van der Waals surface area (Å²) < 4.78 is 41.0. The van der Waals surface area contributed by atoms with Gasteiger partial charge in [-0.1, -0.05) is 6.82 Å². The number of aromatic nitrogens is 1. The summed E-state index contributed by atoms with van der Waals surface area (Å²) in [6.07, 6.45) is 1.51. The van der Waals surface area contributed by atoms with Gasteiger partial charge >= 0.3 is 6.03 Å². The Morgan fingerprint density at radius 1 is 1.16 bits per heavy atom. The van der Waals surface area contributed by atoms with E-state index in [2.05, 4.69) is 4.98 Å². The molecule has 0 atom stereocenters. The summed E-state index contributed by atoms with van der Waals surface area (Å²) in [4.78, 5) is 20.7. The standard InChI is InChI=1S/C27H23BF2N5O3/c1-15(32)19(11-28-2)20-9-21-17(13-33-20)14-34(26-24(29)22(37-3)10-23(38-4)25(26)30)27(36)35(21)18-7-5-16(12-31)6-8-18/h5-11,13,32H,14H2,1-4H3/b19-11+,32-15?. The van der Waals surface area contributed by atoms with Gasteiger partial charge in [0.2, 0.25) is 0 Å². The maximum Gasteiger partial charge on any atom is 0.334 e. The number of carbonyl (C=O) groups excluding carboxylic acids is 1. The number of methoxy groups -OCH3 is 2. The minimum atomic E-state index is -1.06. The highest BCUT2D eigenvalue weighted by Crippen LogP contribution is 2.43. The van der Waals surface area contributed by atoms with Crippen molar-refractivity contribution in [3.8, 4) is 17.6 Å². The quantitative estimate of drug-likeness (QED) is 0.324. The lowest BCUT2D eigenvalue weighted by atomic mass is 9.79. The molecule has 3 aromatic rings. The van der Waals surface area contributed by atoms with Crippen molar-refractivity contribution in [3.63, 3.8) is 0 Å².